The van der Waals surface area contributed by atoms with Crippen molar-refractivity contribution in [2.45, 2.75) is 77.6 Å². The van der Waals surface area contributed by atoms with Crippen LogP contribution >= 0.6 is 0 Å². The zero-order chi connectivity index (χ0) is 16.3. The number of nitrogens with zero attached hydrogens (tertiary/aromatic N) is 2. The highest BCUT2D eigenvalue weighted by Crippen LogP contribution is 2.19. The molecule has 0 amide bonds. The van der Waals surface area contributed by atoms with Gasteiger partial charge in [0, 0.05) is 6.42 Å². The van der Waals surface area contributed by atoms with E-state index in [0.717, 1.165) is 12.8 Å². The van der Waals surface area contributed by atoms with Crippen molar-refractivity contribution >= 4 is 11.8 Å². The summed E-state index contributed by atoms with van der Waals surface area (Å²) in [6, 6.07) is 0. The van der Waals surface area contributed by atoms with Gasteiger partial charge in [-0.15, -0.1) is 0 Å². The first-order valence-corrected chi connectivity index (χ1v) is 8.92. The highest BCUT2D eigenvalue weighted by Gasteiger charge is 2.31. The highest BCUT2D eigenvalue weighted by molar-refractivity contribution is 5.80. The maximum Gasteiger partial charge on any atom is 0.360 e. The number of carbonyl (C=O) groups is 1. The number of unbranched alkanes of at least 4 members (excludes halogenated alkanes) is 9. The minimum Gasteiger partial charge on any atom is -0.626 e. The summed E-state index contributed by atoms with van der Waals surface area (Å²) in [5, 5.41) is 21.2. The number of aliphatic imine (C=N–C) groups is 1. The predicted molar refractivity (Wildman–Crippen MR) is 89.8 cm³/mol. The molecule has 1 atom stereocenters. The SMILES string of the molecule is CCCCCCCCCCCCC1=NCC[N+]1([O-])CC(=O)O. The lowest BCUT2D eigenvalue weighted by molar-refractivity contribution is -0.775. The minimum absolute atomic E-state index is 0.291. The number of aliphatic carboxylic acids is 1. The summed E-state index contributed by atoms with van der Waals surface area (Å²) in [6.45, 7) is 2.63. The molecule has 0 fully saturated rings. The zero-order valence-electron chi connectivity index (χ0n) is 14.1. The average Bonchev–Trinajstić information content (AvgIpc) is 2.81. The van der Waals surface area contributed by atoms with Gasteiger partial charge >= 0.3 is 5.97 Å². The Morgan fingerprint density at radius 2 is 1.64 bits per heavy atom. The van der Waals surface area contributed by atoms with Gasteiger partial charge in [-0.1, -0.05) is 64.7 Å². The molecular formula is C17H32N2O3. The van der Waals surface area contributed by atoms with E-state index in [4.69, 9.17) is 5.11 Å². The summed E-state index contributed by atoms with van der Waals surface area (Å²) in [5.41, 5.74) is 0. The lowest BCUT2D eigenvalue weighted by Gasteiger charge is -2.37. The van der Waals surface area contributed by atoms with Gasteiger partial charge in [0.2, 0.25) is 0 Å². The van der Waals surface area contributed by atoms with Gasteiger partial charge in [0.05, 0.1) is 6.54 Å². The number of carboxylic acids is 1. The van der Waals surface area contributed by atoms with Crippen molar-refractivity contribution in [1.82, 2.24) is 0 Å². The van der Waals surface area contributed by atoms with Gasteiger partial charge in [0.25, 0.3) is 0 Å². The second-order valence-corrected chi connectivity index (χ2v) is 6.39. The molecule has 0 aromatic rings. The van der Waals surface area contributed by atoms with Crippen LogP contribution < -0.4 is 0 Å². The van der Waals surface area contributed by atoms with E-state index in [1.165, 1.54) is 51.4 Å². The fourth-order valence-corrected chi connectivity index (χ4v) is 3.04. The van der Waals surface area contributed by atoms with E-state index in [1.54, 1.807) is 0 Å². The van der Waals surface area contributed by atoms with Crippen molar-refractivity contribution in [3.05, 3.63) is 5.21 Å². The Bertz CT molecular complexity index is 358. The molecule has 0 aliphatic carbocycles. The van der Waals surface area contributed by atoms with Crippen molar-refractivity contribution < 1.29 is 14.5 Å². The monoisotopic (exact) mass is 312 g/mol. The Balaban J connectivity index is 2.03. The van der Waals surface area contributed by atoms with Crippen LogP contribution in [0.25, 0.3) is 0 Å². The molecule has 1 unspecified atom stereocenters. The molecule has 0 spiro atoms. The van der Waals surface area contributed by atoms with Gasteiger partial charge in [-0.2, -0.15) is 0 Å². The zero-order valence-corrected chi connectivity index (χ0v) is 14.1. The van der Waals surface area contributed by atoms with Crippen LogP contribution in [0, 0.1) is 5.21 Å². The number of hydrogen-bond donors (Lipinski definition) is 1. The molecule has 0 radical (unpaired) electrons. The van der Waals surface area contributed by atoms with Crippen molar-refractivity contribution in [2.75, 3.05) is 19.6 Å². The quantitative estimate of drug-likeness (QED) is 0.316. The van der Waals surface area contributed by atoms with Gasteiger partial charge in [0.1, 0.15) is 6.54 Å². The van der Waals surface area contributed by atoms with E-state index in [1.807, 2.05) is 0 Å². The van der Waals surface area contributed by atoms with E-state index in [2.05, 4.69) is 11.9 Å². The molecule has 5 nitrogen and oxygen atoms in total. The first-order chi connectivity index (χ1) is 10.6. The van der Waals surface area contributed by atoms with Gasteiger partial charge in [-0.25, -0.2) is 9.79 Å². The molecule has 22 heavy (non-hydrogen) atoms. The Morgan fingerprint density at radius 1 is 1.09 bits per heavy atom. The van der Waals surface area contributed by atoms with Crippen LogP contribution in [-0.4, -0.2) is 41.2 Å². The number of carboxylic acid groups (broad SMARTS) is 1. The molecule has 0 bridgehead atoms. The standard InChI is InChI=1S/C17H32N2O3/c1-2-3-4-5-6-7-8-9-10-11-12-16-18-13-14-19(16,22)15-17(20)21/h2-15H2,1H3,(H,20,21). The third kappa shape index (κ3) is 7.36. The fraction of sp³-hybridized carbons (Fsp3) is 0.882. The number of rotatable bonds is 13. The van der Waals surface area contributed by atoms with Gasteiger partial charge in [0.15, 0.2) is 12.4 Å². The summed E-state index contributed by atoms with van der Waals surface area (Å²) >= 11 is 0. The molecule has 1 aliphatic heterocycles. The van der Waals surface area contributed by atoms with Crippen molar-refractivity contribution in [1.29, 1.82) is 0 Å². The molecule has 128 valence electrons. The maximum atomic E-state index is 12.4. The molecule has 5 heteroatoms. The van der Waals surface area contributed by atoms with E-state index in [-0.39, 0.29) is 6.54 Å². The first-order valence-electron chi connectivity index (χ1n) is 8.92. The van der Waals surface area contributed by atoms with Crippen LogP contribution in [0.3, 0.4) is 0 Å². The molecule has 1 heterocycles. The summed E-state index contributed by atoms with van der Waals surface area (Å²) < 4.78 is -0.729. The van der Waals surface area contributed by atoms with Crippen LogP contribution in [0.2, 0.25) is 0 Å². The van der Waals surface area contributed by atoms with Crippen LogP contribution in [0.5, 0.6) is 0 Å². The average molecular weight is 312 g/mol. The molecule has 0 aromatic carbocycles. The number of amidine groups is 1. The third-order valence-corrected chi connectivity index (χ3v) is 4.37. The number of hydroxylamine groups is 3. The number of quaternary nitrogens is 1. The lowest BCUT2D eigenvalue weighted by Crippen LogP contribution is -2.48. The molecular weight excluding hydrogens is 280 g/mol. The van der Waals surface area contributed by atoms with Crippen LogP contribution in [-0.2, 0) is 4.79 Å². The molecule has 0 aromatic heterocycles. The molecule has 0 saturated heterocycles. The van der Waals surface area contributed by atoms with E-state index in [9.17, 15) is 10.0 Å². The molecule has 1 aliphatic rings. The van der Waals surface area contributed by atoms with Gasteiger partial charge < -0.3 is 15.0 Å². The van der Waals surface area contributed by atoms with Crippen LogP contribution in [0.15, 0.2) is 4.99 Å². The van der Waals surface area contributed by atoms with Gasteiger partial charge in [-0.3, -0.25) is 0 Å². The topological polar surface area (TPSA) is 72.7 Å². The summed E-state index contributed by atoms with van der Waals surface area (Å²) in [5.74, 6) is -0.491. The predicted octanol–water partition coefficient (Wildman–Crippen LogP) is 4.11. The Labute approximate surface area is 134 Å². The summed E-state index contributed by atoms with van der Waals surface area (Å²) in [7, 11) is 0. The molecule has 1 N–H and O–H groups in total. The maximum absolute atomic E-state index is 12.4. The van der Waals surface area contributed by atoms with Crippen LogP contribution in [0.1, 0.15) is 77.6 Å². The second kappa shape index (κ2) is 10.7. The van der Waals surface area contributed by atoms with Crippen molar-refractivity contribution in [3.63, 3.8) is 0 Å². The lowest BCUT2D eigenvalue weighted by atomic mass is 10.1. The highest BCUT2D eigenvalue weighted by atomic mass is 16.6. The fourth-order valence-electron chi connectivity index (χ4n) is 3.04. The molecule has 1 rings (SSSR count). The Kier molecular flexibility index (Phi) is 9.32. The van der Waals surface area contributed by atoms with E-state index < -0.39 is 10.6 Å². The van der Waals surface area contributed by atoms with Crippen molar-refractivity contribution in [2.24, 2.45) is 4.99 Å². The first kappa shape index (κ1) is 19.1. The summed E-state index contributed by atoms with van der Waals surface area (Å²) in [6.07, 6.45) is 13.2. The largest absolute Gasteiger partial charge is 0.626 e. The second-order valence-electron chi connectivity index (χ2n) is 6.39. The van der Waals surface area contributed by atoms with Gasteiger partial charge in [-0.05, 0) is 6.42 Å². The number of hydrogen-bond acceptors (Lipinski definition) is 3. The Hall–Kier alpha value is -0.940. The van der Waals surface area contributed by atoms with Crippen molar-refractivity contribution in [3.8, 4) is 0 Å². The molecule has 0 saturated carbocycles. The normalized spacial score (nSPS) is 21.1. The summed E-state index contributed by atoms with van der Waals surface area (Å²) in [4.78, 5) is 15.0. The third-order valence-electron chi connectivity index (χ3n) is 4.37. The Morgan fingerprint density at radius 3 is 2.18 bits per heavy atom. The smallest absolute Gasteiger partial charge is 0.360 e. The van der Waals surface area contributed by atoms with E-state index in [0.29, 0.717) is 25.3 Å². The van der Waals surface area contributed by atoms with Crippen LogP contribution in [0.4, 0.5) is 0 Å². The van der Waals surface area contributed by atoms with E-state index >= 15 is 0 Å². The minimum atomic E-state index is -1.03.